The number of esters is 1. The molecule has 0 atom stereocenters. The van der Waals surface area contributed by atoms with E-state index in [1.807, 2.05) is 6.07 Å². The van der Waals surface area contributed by atoms with Crippen LogP contribution < -0.4 is 0 Å². The summed E-state index contributed by atoms with van der Waals surface area (Å²) in [6.45, 7) is 0. The minimum atomic E-state index is -0.495. The van der Waals surface area contributed by atoms with Crippen LogP contribution in [0.5, 0.6) is 0 Å². The number of aliphatic imine (C=N–C) groups is 1. The van der Waals surface area contributed by atoms with Crippen LogP contribution in [0.25, 0.3) is 6.08 Å². The molecule has 0 aliphatic carbocycles. The van der Waals surface area contributed by atoms with Crippen LogP contribution in [0.2, 0.25) is 5.02 Å². The minimum absolute atomic E-state index is 0.212. The molecule has 2 aromatic rings. The molecule has 0 saturated carbocycles. The summed E-state index contributed by atoms with van der Waals surface area (Å²) in [6, 6.07) is 12.5. The second-order valence-electron chi connectivity index (χ2n) is 4.11. The Morgan fingerprint density at radius 1 is 1.15 bits per heavy atom. The first kappa shape index (κ1) is 12.6. The summed E-state index contributed by atoms with van der Waals surface area (Å²) in [4.78, 5) is 20.0. The van der Waals surface area contributed by atoms with Gasteiger partial charge in [0.25, 0.3) is 0 Å². The lowest BCUT2D eigenvalue weighted by Crippen LogP contribution is -2.06. The predicted octanol–water partition coefficient (Wildman–Crippen LogP) is 3.08. The molecule has 0 saturated heterocycles. The van der Waals surface area contributed by atoms with Crippen molar-refractivity contribution in [3.05, 3.63) is 70.6 Å². The summed E-state index contributed by atoms with van der Waals surface area (Å²) in [5.74, 6) is -0.283. The summed E-state index contributed by atoms with van der Waals surface area (Å²) in [6.07, 6.45) is 3.24. The Balaban J connectivity index is 1.95. The summed E-state index contributed by atoms with van der Waals surface area (Å²) < 4.78 is 5.11. The van der Waals surface area contributed by atoms with Gasteiger partial charge in [-0.1, -0.05) is 29.8 Å². The molecule has 0 amide bonds. The molecule has 20 heavy (non-hydrogen) atoms. The van der Waals surface area contributed by atoms with Gasteiger partial charge in [-0.15, -0.1) is 0 Å². The lowest BCUT2D eigenvalue weighted by Gasteiger charge is -1.96. The van der Waals surface area contributed by atoms with Crippen molar-refractivity contribution >= 4 is 29.5 Å². The minimum Gasteiger partial charge on any atom is -0.400 e. The van der Waals surface area contributed by atoms with Crippen molar-refractivity contribution < 1.29 is 9.53 Å². The first-order valence-corrected chi connectivity index (χ1v) is 6.30. The van der Waals surface area contributed by atoms with Gasteiger partial charge in [0.15, 0.2) is 5.70 Å². The zero-order valence-electron chi connectivity index (χ0n) is 10.3. The zero-order chi connectivity index (χ0) is 13.9. The van der Waals surface area contributed by atoms with Gasteiger partial charge in [0.05, 0.1) is 0 Å². The lowest BCUT2D eigenvalue weighted by molar-refractivity contribution is -0.129. The lowest BCUT2D eigenvalue weighted by atomic mass is 10.2. The van der Waals surface area contributed by atoms with E-state index in [2.05, 4.69) is 9.98 Å². The normalized spacial score (nSPS) is 16.1. The molecule has 1 aromatic heterocycles. The third-order valence-electron chi connectivity index (χ3n) is 2.66. The average molecular weight is 285 g/mol. The van der Waals surface area contributed by atoms with Gasteiger partial charge in [0.2, 0.25) is 5.90 Å². The molecule has 1 aliphatic rings. The van der Waals surface area contributed by atoms with E-state index in [0.717, 1.165) is 5.56 Å². The van der Waals surface area contributed by atoms with E-state index in [9.17, 15) is 4.79 Å². The van der Waals surface area contributed by atoms with Crippen molar-refractivity contribution in [1.82, 2.24) is 4.98 Å². The molecule has 5 heteroatoms. The van der Waals surface area contributed by atoms with Crippen molar-refractivity contribution in [2.45, 2.75) is 0 Å². The van der Waals surface area contributed by atoms with Gasteiger partial charge in [-0.2, -0.15) is 0 Å². The Hall–Kier alpha value is -2.46. The van der Waals surface area contributed by atoms with Crippen molar-refractivity contribution in [2.75, 3.05) is 0 Å². The summed E-state index contributed by atoms with van der Waals surface area (Å²) in [5, 5.41) is 0.597. The number of hydrogen-bond donors (Lipinski definition) is 0. The molecule has 1 aliphatic heterocycles. The van der Waals surface area contributed by atoms with E-state index in [0.29, 0.717) is 10.7 Å². The molecule has 0 radical (unpaired) electrons. The van der Waals surface area contributed by atoms with E-state index in [1.165, 1.54) is 0 Å². The summed E-state index contributed by atoms with van der Waals surface area (Å²) >= 11 is 5.90. The quantitative estimate of drug-likeness (QED) is 0.629. The SMILES string of the molecule is O=C1OC(c2ccccn2)=N/C1=C/c1cccc(Cl)c1. The first-order chi connectivity index (χ1) is 9.72. The maximum Gasteiger partial charge on any atom is 0.363 e. The van der Waals surface area contributed by atoms with Crippen molar-refractivity contribution in [3.63, 3.8) is 0 Å². The molecule has 0 spiro atoms. The largest absolute Gasteiger partial charge is 0.400 e. The number of carbonyl (C=O) groups excluding carboxylic acids is 1. The van der Waals surface area contributed by atoms with Crippen molar-refractivity contribution in [3.8, 4) is 0 Å². The van der Waals surface area contributed by atoms with Gasteiger partial charge in [-0.3, -0.25) is 4.98 Å². The molecule has 98 valence electrons. The zero-order valence-corrected chi connectivity index (χ0v) is 11.0. The van der Waals surface area contributed by atoms with Crippen LogP contribution in [0.1, 0.15) is 11.3 Å². The Morgan fingerprint density at radius 3 is 2.80 bits per heavy atom. The Morgan fingerprint density at radius 2 is 2.05 bits per heavy atom. The highest BCUT2D eigenvalue weighted by molar-refractivity contribution is 6.30. The number of halogens is 1. The molecule has 0 fully saturated rings. The molecular weight excluding hydrogens is 276 g/mol. The first-order valence-electron chi connectivity index (χ1n) is 5.92. The molecule has 2 heterocycles. The van der Waals surface area contributed by atoms with Crippen LogP contribution in [-0.4, -0.2) is 16.9 Å². The molecule has 3 rings (SSSR count). The van der Waals surface area contributed by atoms with Crippen LogP contribution in [-0.2, 0) is 9.53 Å². The second-order valence-corrected chi connectivity index (χ2v) is 4.54. The van der Waals surface area contributed by atoms with Gasteiger partial charge in [-0.05, 0) is 35.9 Å². The van der Waals surface area contributed by atoms with Gasteiger partial charge in [0.1, 0.15) is 5.69 Å². The van der Waals surface area contributed by atoms with Crippen LogP contribution >= 0.6 is 11.6 Å². The molecular formula is C15H9ClN2O2. The Kier molecular flexibility index (Phi) is 3.31. The fourth-order valence-electron chi connectivity index (χ4n) is 1.76. The smallest absolute Gasteiger partial charge is 0.363 e. The van der Waals surface area contributed by atoms with Gasteiger partial charge in [0, 0.05) is 11.2 Å². The van der Waals surface area contributed by atoms with E-state index in [1.54, 1.807) is 48.7 Å². The Labute approximate surface area is 120 Å². The van der Waals surface area contributed by atoms with Crippen molar-refractivity contribution in [2.24, 2.45) is 4.99 Å². The van der Waals surface area contributed by atoms with E-state index in [4.69, 9.17) is 16.3 Å². The standard InChI is InChI=1S/C15H9ClN2O2/c16-11-5-3-4-10(8-11)9-13-15(19)20-14(18-13)12-6-1-2-7-17-12/h1-9H/b13-9+. The number of aromatic nitrogens is 1. The maximum atomic E-state index is 11.8. The molecule has 0 bridgehead atoms. The summed E-state index contributed by atoms with van der Waals surface area (Å²) in [5.41, 5.74) is 1.54. The highest BCUT2D eigenvalue weighted by Crippen LogP contribution is 2.19. The molecule has 1 aromatic carbocycles. The third-order valence-corrected chi connectivity index (χ3v) is 2.89. The Bertz CT molecular complexity index is 724. The summed E-state index contributed by atoms with van der Waals surface area (Å²) in [7, 11) is 0. The fraction of sp³-hybridized carbons (Fsp3) is 0. The number of cyclic esters (lactones) is 1. The van der Waals surface area contributed by atoms with Crippen LogP contribution in [0.15, 0.2) is 59.4 Å². The highest BCUT2D eigenvalue weighted by Gasteiger charge is 2.24. The van der Waals surface area contributed by atoms with Crippen LogP contribution in [0.3, 0.4) is 0 Å². The number of carbonyl (C=O) groups is 1. The van der Waals surface area contributed by atoms with E-state index in [-0.39, 0.29) is 11.6 Å². The topological polar surface area (TPSA) is 51.5 Å². The second kappa shape index (κ2) is 5.27. The monoisotopic (exact) mass is 284 g/mol. The third kappa shape index (κ3) is 2.60. The van der Waals surface area contributed by atoms with Gasteiger partial charge >= 0.3 is 5.97 Å². The number of nitrogens with zero attached hydrogens (tertiary/aromatic N) is 2. The van der Waals surface area contributed by atoms with Crippen molar-refractivity contribution in [1.29, 1.82) is 0 Å². The number of hydrogen-bond acceptors (Lipinski definition) is 4. The number of pyridine rings is 1. The maximum absolute atomic E-state index is 11.8. The van der Waals surface area contributed by atoms with Crippen LogP contribution in [0, 0.1) is 0 Å². The molecule has 0 N–H and O–H groups in total. The molecule has 0 unspecified atom stereocenters. The number of ether oxygens (including phenoxy) is 1. The van der Waals surface area contributed by atoms with Crippen LogP contribution in [0.4, 0.5) is 0 Å². The van der Waals surface area contributed by atoms with E-state index >= 15 is 0 Å². The highest BCUT2D eigenvalue weighted by atomic mass is 35.5. The van der Waals surface area contributed by atoms with Gasteiger partial charge in [-0.25, -0.2) is 9.79 Å². The number of rotatable bonds is 2. The fourth-order valence-corrected chi connectivity index (χ4v) is 1.96. The number of benzene rings is 1. The van der Waals surface area contributed by atoms with E-state index < -0.39 is 5.97 Å². The molecule has 4 nitrogen and oxygen atoms in total. The average Bonchev–Trinajstić information content (AvgIpc) is 2.81. The predicted molar refractivity (Wildman–Crippen MR) is 76.3 cm³/mol. The van der Waals surface area contributed by atoms with Gasteiger partial charge < -0.3 is 4.74 Å².